The van der Waals surface area contributed by atoms with Gasteiger partial charge in [-0.1, -0.05) is 24.3 Å². The molecule has 1 heterocycles. The van der Waals surface area contributed by atoms with Crippen LogP contribution in [0.15, 0.2) is 48.5 Å². The molecule has 0 unspecified atom stereocenters. The van der Waals surface area contributed by atoms with Gasteiger partial charge in [0.15, 0.2) is 0 Å². The standard InChI is InChI=1S/C19H21NO2/c1-13(20-15-7-5-4-6-8-15)16-11-14-9-10-19(2,3)22-18(14)12-17(16)21/h4-13,20-21H,1-3H3/t13-/m0/s1. The van der Waals surface area contributed by atoms with E-state index in [1.54, 1.807) is 6.07 Å². The Morgan fingerprint density at radius 3 is 2.59 bits per heavy atom. The van der Waals surface area contributed by atoms with E-state index >= 15 is 0 Å². The molecule has 2 N–H and O–H groups in total. The maximum atomic E-state index is 10.3. The van der Waals surface area contributed by atoms with Gasteiger partial charge in [-0.2, -0.15) is 0 Å². The van der Waals surface area contributed by atoms with Crippen LogP contribution in [-0.2, 0) is 0 Å². The molecule has 1 aliphatic rings. The molecule has 3 heteroatoms. The Labute approximate surface area is 131 Å². The number of hydrogen-bond donors (Lipinski definition) is 2. The minimum absolute atomic E-state index is 0.00367. The van der Waals surface area contributed by atoms with Crippen molar-refractivity contribution < 1.29 is 9.84 Å². The lowest BCUT2D eigenvalue weighted by molar-refractivity contribution is 0.158. The van der Waals surface area contributed by atoms with Gasteiger partial charge in [0, 0.05) is 22.9 Å². The van der Waals surface area contributed by atoms with E-state index < -0.39 is 0 Å². The fourth-order valence-corrected chi connectivity index (χ4v) is 2.64. The van der Waals surface area contributed by atoms with Gasteiger partial charge in [0.25, 0.3) is 0 Å². The Hall–Kier alpha value is -2.42. The van der Waals surface area contributed by atoms with E-state index in [9.17, 15) is 5.11 Å². The Kier molecular flexibility index (Phi) is 3.57. The lowest BCUT2D eigenvalue weighted by Gasteiger charge is -2.29. The molecule has 2 aromatic carbocycles. The first-order chi connectivity index (χ1) is 10.4. The first kappa shape index (κ1) is 14.5. The molecule has 0 spiro atoms. The van der Waals surface area contributed by atoms with Crippen molar-refractivity contribution in [1.82, 2.24) is 0 Å². The molecule has 3 rings (SSSR count). The van der Waals surface area contributed by atoms with Crippen molar-refractivity contribution in [2.45, 2.75) is 32.4 Å². The summed E-state index contributed by atoms with van der Waals surface area (Å²) in [6.45, 7) is 6.03. The third kappa shape index (κ3) is 2.93. The van der Waals surface area contributed by atoms with Gasteiger partial charge in [0.05, 0.1) is 6.04 Å². The predicted octanol–water partition coefficient (Wildman–Crippen LogP) is 4.75. The summed E-state index contributed by atoms with van der Waals surface area (Å²) in [4.78, 5) is 0. The predicted molar refractivity (Wildman–Crippen MR) is 90.3 cm³/mol. The van der Waals surface area contributed by atoms with Crippen molar-refractivity contribution in [3.63, 3.8) is 0 Å². The van der Waals surface area contributed by atoms with Crippen molar-refractivity contribution in [2.75, 3.05) is 5.32 Å². The van der Waals surface area contributed by atoms with Crippen LogP contribution in [0.25, 0.3) is 6.08 Å². The van der Waals surface area contributed by atoms with Crippen LogP contribution in [0.5, 0.6) is 11.5 Å². The topological polar surface area (TPSA) is 41.5 Å². The molecule has 0 radical (unpaired) electrons. The van der Waals surface area contributed by atoms with E-state index in [0.29, 0.717) is 0 Å². The third-order valence-electron chi connectivity index (χ3n) is 3.82. The monoisotopic (exact) mass is 295 g/mol. The van der Waals surface area contributed by atoms with Gasteiger partial charge in [-0.05, 0) is 45.0 Å². The van der Waals surface area contributed by atoms with Crippen LogP contribution < -0.4 is 10.1 Å². The summed E-state index contributed by atoms with van der Waals surface area (Å²) < 4.78 is 5.89. The number of hydrogen-bond acceptors (Lipinski definition) is 3. The molecule has 3 nitrogen and oxygen atoms in total. The molecule has 0 fully saturated rings. The first-order valence-electron chi connectivity index (χ1n) is 7.51. The number of ether oxygens (including phenoxy) is 1. The summed E-state index contributed by atoms with van der Waals surface area (Å²) in [5.74, 6) is 0.974. The zero-order chi connectivity index (χ0) is 15.7. The maximum absolute atomic E-state index is 10.3. The number of rotatable bonds is 3. The molecular formula is C19H21NO2. The molecule has 0 amide bonds. The van der Waals surface area contributed by atoms with E-state index in [4.69, 9.17) is 4.74 Å². The van der Waals surface area contributed by atoms with Gasteiger partial charge in [-0.25, -0.2) is 0 Å². The van der Waals surface area contributed by atoms with Crippen LogP contribution in [0.3, 0.4) is 0 Å². The van der Waals surface area contributed by atoms with Gasteiger partial charge in [0.1, 0.15) is 17.1 Å². The maximum Gasteiger partial charge on any atom is 0.131 e. The lowest BCUT2D eigenvalue weighted by Crippen LogP contribution is -2.27. The summed E-state index contributed by atoms with van der Waals surface area (Å²) in [5, 5.41) is 13.7. The lowest BCUT2D eigenvalue weighted by atomic mass is 9.98. The molecule has 114 valence electrons. The Bertz CT molecular complexity index is 705. The SMILES string of the molecule is C[C@H](Nc1ccccc1)c1cc2c(cc1O)OC(C)(C)C=C2. The van der Waals surface area contributed by atoms with Gasteiger partial charge in [0.2, 0.25) is 0 Å². The fourth-order valence-electron chi connectivity index (χ4n) is 2.64. The number of phenolic OH excluding ortho intramolecular Hbond substituents is 1. The molecular weight excluding hydrogens is 274 g/mol. The van der Waals surface area contributed by atoms with Crippen LogP contribution in [0.4, 0.5) is 5.69 Å². The number of anilines is 1. The molecule has 0 aliphatic carbocycles. The van der Waals surface area contributed by atoms with E-state index in [1.165, 1.54) is 0 Å². The van der Waals surface area contributed by atoms with Crippen molar-refractivity contribution in [2.24, 2.45) is 0 Å². The van der Waals surface area contributed by atoms with E-state index in [0.717, 1.165) is 22.6 Å². The average molecular weight is 295 g/mol. The van der Waals surface area contributed by atoms with Crippen LogP contribution in [0.1, 0.15) is 37.9 Å². The highest BCUT2D eigenvalue weighted by molar-refractivity contribution is 5.65. The summed E-state index contributed by atoms with van der Waals surface area (Å²) in [6, 6.07) is 13.7. The minimum Gasteiger partial charge on any atom is -0.507 e. The molecule has 2 aromatic rings. The summed E-state index contributed by atoms with van der Waals surface area (Å²) in [6.07, 6.45) is 4.09. The van der Waals surface area contributed by atoms with Crippen molar-refractivity contribution >= 4 is 11.8 Å². The molecule has 1 atom stereocenters. The van der Waals surface area contributed by atoms with Crippen LogP contribution in [-0.4, -0.2) is 10.7 Å². The molecule has 0 saturated heterocycles. The van der Waals surface area contributed by atoms with Crippen molar-refractivity contribution in [1.29, 1.82) is 0 Å². The molecule has 1 aliphatic heterocycles. The third-order valence-corrected chi connectivity index (χ3v) is 3.82. The largest absolute Gasteiger partial charge is 0.507 e. The zero-order valence-electron chi connectivity index (χ0n) is 13.1. The second kappa shape index (κ2) is 5.41. The normalized spacial score (nSPS) is 16.5. The molecule has 0 bridgehead atoms. The van der Waals surface area contributed by atoms with E-state index in [2.05, 4.69) is 11.4 Å². The second-order valence-corrected chi connectivity index (χ2v) is 6.22. The number of para-hydroxylation sites is 1. The smallest absolute Gasteiger partial charge is 0.131 e. The molecule has 0 saturated carbocycles. The average Bonchev–Trinajstić information content (AvgIpc) is 2.46. The van der Waals surface area contributed by atoms with Gasteiger partial charge < -0.3 is 15.2 Å². The Morgan fingerprint density at radius 2 is 1.86 bits per heavy atom. The number of phenols is 1. The Morgan fingerprint density at radius 1 is 1.14 bits per heavy atom. The van der Waals surface area contributed by atoms with Crippen LogP contribution >= 0.6 is 0 Å². The van der Waals surface area contributed by atoms with Crippen LogP contribution in [0, 0.1) is 0 Å². The van der Waals surface area contributed by atoms with Crippen molar-refractivity contribution in [3.8, 4) is 11.5 Å². The number of nitrogens with one attached hydrogen (secondary N) is 1. The van der Waals surface area contributed by atoms with Gasteiger partial charge in [-0.15, -0.1) is 0 Å². The number of benzene rings is 2. The second-order valence-electron chi connectivity index (χ2n) is 6.22. The fraction of sp³-hybridized carbons (Fsp3) is 0.263. The van der Waals surface area contributed by atoms with Crippen molar-refractivity contribution in [3.05, 3.63) is 59.7 Å². The molecule has 22 heavy (non-hydrogen) atoms. The Balaban J connectivity index is 1.89. The highest BCUT2D eigenvalue weighted by atomic mass is 16.5. The first-order valence-corrected chi connectivity index (χ1v) is 7.51. The van der Waals surface area contributed by atoms with Crippen LogP contribution in [0.2, 0.25) is 0 Å². The number of aromatic hydroxyl groups is 1. The van der Waals surface area contributed by atoms with E-state index in [1.807, 2.05) is 63.2 Å². The quantitative estimate of drug-likeness (QED) is 0.858. The van der Waals surface area contributed by atoms with E-state index in [-0.39, 0.29) is 17.4 Å². The molecule has 0 aromatic heterocycles. The highest BCUT2D eigenvalue weighted by Crippen LogP contribution is 2.38. The highest BCUT2D eigenvalue weighted by Gasteiger charge is 2.23. The van der Waals surface area contributed by atoms with Gasteiger partial charge >= 0.3 is 0 Å². The summed E-state index contributed by atoms with van der Waals surface area (Å²) >= 11 is 0. The minimum atomic E-state index is -0.338. The summed E-state index contributed by atoms with van der Waals surface area (Å²) in [7, 11) is 0. The van der Waals surface area contributed by atoms with Gasteiger partial charge in [-0.3, -0.25) is 0 Å². The number of fused-ring (bicyclic) bond motifs is 1. The summed E-state index contributed by atoms with van der Waals surface area (Å²) in [5.41, 5.74) is 2.54. The zero-order valence-corrected chi connectivity index (χ0v) is 13.1.